The normalized spacial score (nSPS) is 28.1. The first kappa shape index (κ1) is 20.1. The van der Waals surface area contributed by atoms with Gasteiger partial charge in [-0.25, -0.2) is 8.42 Å². The van der Waals surface area contributed by atoms with Crippen molar-refractivity contribution in [1.29, 1.82) is 0 Å². The Morgan fingerprint density at radius 2 is 2.11 bits per heavy atom. The lowest BCUT2D eigenvalue weighted by molar-refractivity contribution is -0.129. The number of likely N-dealkylation sites (tertiary alicyclic amines) is 1. The highest BCUT2D eigenvalue weighted by Crippen LogP contribution is 2.44. The fourth-order valence-electron chi connectivity index (χ4n) is 4.68. The maximum atomic E-state index is 12.9. The second kappa shape index (κ2) is 7.43. The van der Waals surface area contributed by atoms with Gasteiger partial charge in [0.15, 0.2) is 0 Å². The first-order valence-corrected chi connectivity index (χ1v) is 11.5. The van der Waals surface area contributed by atoms with E-state index in [0.717, 1.165) is 31.1 Å². The van der Waals surface area contributed by atoms with Gasteiger partial charge in [-0.3, -0.25) is 9.10 Å². The first-order valence-electron chi connectivity index (χ1n) is 9.68. The van der Waals surface area contributed by atoms with Crippen LogP contribution in [0.4, 0.5) is 5.69 Å². The zero-order valence-electron chi connectivity index (χ0n) is 16.4. The van der Waals surface area contributed by atoms with Crippen molar-refractivity contribution in [3.63, 3.8) is 0 Å². The average molecular weight is 395 g/mol. The maximum absolute atomic E-state index is 12.9. The lowest BCUT2D eigenvalue weighted by atomic mass is 9.69. The zero-order valence-corrected chi connectivity index (χ0v) is 17.2. The number of carbonyl (C=O) groups is 1. The van der Waals surface area contributed by atoms with Gasteiger partial charge in [0, 0.05) is 19.0 Å². The fourth-order valence-corrected chi connectivity index (χ4v) is 5.52. The average Bonchev–Trinajstić information content (AvgIpc) is 3.04. The van der Waals surface area contributed by atoms with E-state index in [0.29, 0.717) is 31.1 Å². The Kier molecular flexibility index (Phi) is 5.54. The van der Waals surface area contributed by atoms with Gasteiger partial charge in [-0.05, 0) is 49.8 Å². The fraction of sp³-hybridized carbons (Fsp3) is 0.650. The topological polar surface area (TPSA) is 77.9 Å². The van der Waals surface area contributed by atoms with E-state index < -0.39 is 15.6 Å². The van der Waals surface area contributed by atoms with Gasteiger partial charge in [0.1, 0.15) is 6.54 Å². The van der Waals surface area contributed by atoms with E-state index in [-0.39, 0.29) is 18.4 Å². The summed E-state index contributed by atoms with van der Waals surface area (Å²) in [6, 6.07) is 7.16. The van der Waals surface area contributed by atoms with Gasteiger partial charge >= 0.3 is 0 Å². The molecule has 27 heavy (non-hydrogen) atoms. The first-order chi connectivity index (χ1) is 12.6. The van der Waals surface area contributed by atoms with Crippen LogP contribution in [-0.2, 0) is 14.8 Å². The molecule has 0 radical (unpaired) electrons. The summed E-state index contributed by atoms with van der Waals surface area (Å²) in [5.41, 5.74) is 0.742. The van der Waals surface area contributed by atoms with Crippen LogP contribution in [0.2, 0.25) is 0 Å². The number of rotatable bonds is 5. The molecule has 150 valence electrons. The van der Waals surface area contributed by atoms with Crippen LogP contribution in [0, 0.1) is 18.8 Å². The number of aryl methyl sites for hydroxylation is 1. The summed E-state index contributed by atoms with van der Waals surface area (Å²) in [6.45, 7) is 4.81. The number of hydrogen-bond donors (Lipinski definition) is 1. The molecule has 1 aromatic carbocycles. The molecule has 1 saturated carbocycles. The molecular formula is C20H30N2O4S. The van der Waals surface area contributed by atoms with E-state index in [4.69, 9.17) is 0 Å². The van der Waals surface area contributed by atoms with Gasteiger partial charge in [-0.15, -0.1) is 0 Å². The number of carbonyl (C=O) groups excluding carboxylic acids is 1. The minimum atomic E-state index is -3.58. The van der Waals surface area contributed by atoms with Crippen molar-refractivity contribution in [1.82, 2.24) is 4.90 Å². The third-order valence-electron chi connectivity index (χ3n) is 6.25. The summed E-state index contributed by atoms with van der Waals surface area (Å²) in [7, 11) is -3.58. The monoisotopic (exact) mass is 394 g/mol. The Bertz CT molecular complexity index is 810. The van der Waals surface area contributed by atoms with Crippen LogP contribution in [0.5, 0.6) is 0 Å². The molecular weight excluding hydrogens is 364 g/mol. The molecule has 1 saturated heterocycles. The van der Waals surface area contributed by atoms with Crippen molar-refractivity contribution < 1.29 is 18.3 Å². The number of hydrogen-bond acceptors (Lipinski definition) is 4. The molecule has 6 nitrogen and oxygen atoms in total. The van der Waals surface area contributed by atoms with E-state index in [2.05, 4.69) is 0 Å². The van der Waals surface area contributed by atoms with E-state index >= 15 is 0 Å². The van der Waals surface area contributed by atoms with Crippen molar-refractivity contribution in [3.05, 3.63) is 29.8 Å². The Labute approximate surface area is 162 Å². The predicted molar refractivity (Wildman–Crippen MR) is 106 cm³/mol. The molecule has 1 amide bonds. The molecule has 1 aliphatic carbocycles. The molecule has 0 unspecified atom stereocenters. The number of sulfonamides is 1. The van der Waals surface area contributed by atoms with E-state index in [1.807, 2.05) is 19.9 Å². The molecule has 3 rings (SSSR count). The van der Waals surface area contributed by atoms with Gasteiger partial charge in [0.05, 0.1) is 17.5 Å². The highest BCUT2D eigenvalue weighted by atomic mass is 32.2. The SMILES string of the molecule is CC[C@@]1(O)CCC[C@@H]2CN(C(=O)CN(c3cccc(C)c3)S(C)(=O)=O)C[C@@H]21. The highest BCUT2D eigenvalue weighted by molar-refractivity contribution is 7.92. The van der Waals surface area contributed by atoms with Crippen molar-refractivity contribution in [2.45, 2.75) is 45.1 Å². The molecule has 1 N–H and O–H groups in total. The quantitative estimate of drug-likeness (QED) is 0.830. The summed E-state index contributed by atoms with van der Waals surface area (Å²) in [6.07, 6.45) is 4.60. The molecule has 7 heteroatoms. The summed E-state index contributed by atoms with van der Waals surface area (Å²) < 4.78 is 25.8. The van der Waals surface area contributed by atoms with Crippen LogP contribution < -0.4 is 4.31 Å². The van der Waals surface area contributed by atoms with Crippen LogP contribution in [0.1, 0.15) is 38.2 Å². The Morgan fingerprint density at radius 3 is 2.74 bits per heavy atom. The molecule has 3 atom stereocenters. The van der Waals surface area contributed by atoms with Crippen LogP contribution in [0.3, 0.4) is 0 Å². The molecule has 0 spiro atoms. The maximum Gasteiger partial charge on any atom is 0.243 e. The molecule has 2 aliphatic rings. The standard InChI is InChI=1S/C20H30N2O4S/c1-4-20(24)10-6-8-16-12-21(13-18(16)20)19(23)14-22(27(3,25)26)17-9-5-7-15(2)11-17/h5,7,9,11,16,18,24H,4,6,8,10,12-14H2,1-3H3/t16-,18+,20-/m1/s1. The van der Waals surface area contributed by atoms with Gasteiger partial charge in [-0.1, -0.05) is 25.5 Å². The Hall–Kier alpha value is -1.60. The van der Waals surface area contributed by atoms with E-state index in [1.165, 1.54) is 4.31 Å². The number of amides is 1. The lowest BCUT2D eigenvalue weighted by Crippen LogP contribution is -2.45. The van der Waals surface area contributed by atoms with Crippen LogP contribution in [0.15, 0.2) is 24.3 Å². The van der Waals surface area contributed by atoms with Crippen molar-refractivity contribution in [2.24, 2.45) is 11.8 Å². The number of nitrogens with zero attached hydrogens (tertiary/aromatic N) is 2. The smallest absolute Gasteiger partial charge is 0.243 e. The molecule has 0 aromatic heterocycles. The molecule has 1 heterocycles. The number of aliphatic hydroxyl groups is 1. The van der Waals surface area contributed by atoms with Gasteiger partial charge in [-0.2, -0.15) is 0 Å². The molecule has 2 fully saturated rings. The minimum absolute atomic E-state index is 0.0888. The largest absolute Gasteiger partial charge is 0.390 e. The molecule has 0 bridgehead atoms. The van der Waals surface area contributed by atoms with Crippen LogP contribution in [0.25, 0.3) is 0 Å². The van der Waals surface area contributed by atoms with Gasteiger partial charge in [0.25, 0.3) is 0 Å². The van der Waals surface area contributed by atoms with Crippen LogP contribution in [-0.4, -0.2) is 55.8 Å². The van der Waals surface area contributed by atoms with Gasteiger partial charge in [0.2, 0.25) is 15.9 Å². The summed E-state index contributed by atoms with van der Waals surface area (Å²) in [5.74, 6) is 0.193. The summed E-state index contributed by atoms with van der Waals surface area (Å²) in [5, 5.41) is 10.9. The summed E-state index contributed by atoms with van der Waals surface area (Å²) >= 11 is 0. The number of benzene rings is 1. The van der Waals surface area contributed by atoms with Crippen molar-refractivity contribution >= 4 is 21.6 Å². The Morgan fingerprint density at radius 1 is 1.37 bits per heavy atom. The summed E-state index contributed by atoms with van der Waals surface area (Å²) in [4.78, 5) is 14.7. The van der Waals surface area contributed by atoms with E-state index in [1.54, 1.807) is 23.1 Å². The third-order valence-corrected chi connectivity index (χ3v) is 7.39. The number of fused-ring (bicyclic) bond motifs is 1. The Balaban J connectivity index is 1.77. The lowest BCUT2D eigenvalue weighted by Gasteiger charge is -2.40. The minimum Gasteiger partial charge on any atom is -0.390 e. The second-order valence-electron chi connectivity index (χ2n) is 8.12. The van der Waals surface area contributed by atoms with E-state index in [9.17, 15) is 18.3 Å². The number of anilines is 1. The second-order valence-corrected chi connectivity index (χ2v) is 10.0. The van der Waals surface area contributed by atoms with Crippen molar-refractivity contribution in [3.8, 4) is 0 Å². The van der Waals surface area contributed by atoms with Crippen molar-refractivity contribution in [2.75, 3.05) is 30.2 Å². The molecule has 1 aromatic rings. The zero-order chi connectivity index (χ0) is 19.8. The van der Waals surface area contributed by atoms with Crippen LogP contribution >= 0.6 is 0 Å². The molecule has 1 aliphatic heterocycles. The van der Waals surface area contributed by atoms with Gasteiger partial charge < -0.3 is 10.0 Å². The predicted octanol–water partition coefficient (Wildman–Crippen LogP) is 2.16. The highest BCUT2D eigenvalue weighted by Gasteiger charge is 2.48. The third kappa shape index (κ3) is 4.14.